The van der Waals surface area contributed by atoms with Gasteiger partial charge in [0.2, 0.25) is 0 Å². The first-order chi connectivity index (χ1) is 9.10. The smallest absolute Gasteiger partial charge is 0.128 e. The maximum absolute atomic E-state index is 6.04. The Hall–Kier alpha value is -1.74. The summed E-state index contributed by atoms with van der Waals surface area (Å²) >= 11 is 6.04. The Labute approximate surface area is 118 Å². The third-order valence-electron chi connectivity index (χ3n) is 2.91. The first kappa shape index (κ1) is 13.7. The van der Waals surface area contributed by atoms with Crippen molar-refractivity contribution in [3.8, 4) is 5.75 Å². The second-order valence-electron chi connectivity index (χ2n) is 4.45. The summed E-state index contributed by atoms with van der Waals surface area (Å²) in [6, 6.07) is 11.6. The van der Waals surface area contributed by atoms with Gasteiger partial charge in [-0.05, 0) is 37.3 Å². The van der Waals surface area contributed by atoms with E-state index in [1.165, 1.54) is 0 Å². The van der Waals surface area contributed by atoms with Crippen molar-refractivity contribution in [2.24, 2.45) is 0 Å². The van der Waals surface area contributed by atoms with Gasteiger partial charge in [-0.15, -0.1) is 0 Å². The molecule has 1 aromatic heterocycles. The maximum atomic E-state index is 6.04. The molecule has 1 aromatic carbocycles. The minimum absolute atomic E-state index is 0.695. The lowest BCUT2D eigenvalue weighted by molar-refractivity contribution is 0.409. The van der Waals surface area contributed by atoms with E-state index in [-0.39, 0.29) is 0 Å². The Bertz CT molecular complexity index is 572. The Morgan fingerprint density at radius 2 is 2.05 bits per heavy atom. The van der Waals surface area contributed by atoms with E-state index in [1.54, 1.807) is 7.11 Å². The molecular weight excluding hydrogens is 260 g/mol. The summed E-state index contributed by atoms with van der Waals surface area (Å²) in [7, 11) is 3.67. The highest BCUT2D eigenvalue weighted by molar-refractivity contribution is 6.30. The number of anilines is 1. The van der Waals surface area contributed by atoms with Crippen LogP contribution < -0.4 is 9.64 Å². The lowest BCUT2D eigenvalue weighted by Crippen LogP contribution is -2.18. The van der Waals surface area contributed by atoms with Gasteiger partial charge in [-0.2, -0.15) is 0 Å². The number of benzene rings is 1. The molecule has 0 amide bonds. The molecule has 0 unspecified atom stereocenters. The van der Waals surface area contributed by atoms with Gasteiger partial charge in [0, 0.05) is 29.9 Å². The molecule has 100 valence electrons. The molecule has 0 radical (unpaired) electrons. The zero-order valence-corrected chi connectivity index (χ0v) is 12.1. The van der Waals surface area contributed by atoms with Crippen LogP contribution in [0.15, 0.2) is 36.4 Å². The van der Waals surface area contributed by atoms with Crippen LogP contribution in [0.25, 0.3) is 0 Å². The fourth-order valence-electron chi connectivity index (χ4n) is 1.95. The Kier molecular flexibility index (Phi) is 4.27. The van der Waals surface area contributed by atoms with Crippen LogP contribution in [0.1, 0.15) is 11.3 Å². The number of nitrogens with zero attached hydrogens (tertiary/aromatic N) is 2. The zero-order valence-electron chi connectivity index (χ0n) is 11.4. The van der Waals surface area contributed by atoms with Crippen LogP contribution in [0.4, 0.5) is 5.82 Å². The number of hydrogen-bond acceptors (Lipinski definition) is 3. The highest BCUT2D eigenvalue weighted by Crippen LogP contribution is 2.25. The topological polar surface area (TPSA) is 25.4 Å². The van der Waals surface area contributed by atoms with Crippen molar-refractivity contribution in [3.05, 3.63) is 52.7 Å². The van der Waals surface area contributed by atoms with Crippen LogP contribution in [-0.2, 0) is 6.54 Å². The Morgan fingerprint density at radius 3 is 2.74 bits per heavy atom. The fourth-order valence-corrected chi connectivity index (χ4v) is 2.14. The largest absolute Gasteiger partial charge is 0.496 e. The van der Waals surface area contributed by atoms with E-state index in [9.17, 15) is 0 Å². The van der Waals surface area contributed by atoms with E-state index in [2.05, 4.69) is 9.88 Å². The molecular formula is C15H17ClN2O. The highest BCUT2D eigenvalue weighted by atomic mass is 35.5. The number of hydrogen-bond donors (Lipinski definition) is 0. The van der Waals surface area contributed by atoms with Crippen molar-refractivity contribution in [2.45, 2.75) is 13.5 Å². The van der Waals surface area contributed by atoms with Crippen LogP contribution in [0.5, 0.6) is 5.75 Å². The molecule has 1 heterocycles. The Balaban J connectivity index is 2.23. The van der Waals surface area contributed by atoms with Crippen LogP contribution in [0.3, 0.4) is 0 Å². The van der Waals surface area contributed by atoms with Gasteiger partial charge in [0.25, 0.3) is 0 Å². The van der Waals surface area contributed by atoms with Gasteiger partial charge in [-0.3, -0.25) is 0 Å². The summed E-state index contributed by atoms with van der Waals surface area (Å²) in [6.45, 7) is 2.68. The number of rotatable bonds is 4. The van der Waals surface area contributed by atoms with Gasteiger partial charge in [-0.1, -0.05) is 17.7 Å². The molecule has 4 heteroatoms. The number of aromatic nitrogens is 1. The number of halogens is 1. The summed E-state index contributed by atoms with van der Waals surface area (Å²) in [5.41, 5.74) is 2.04. The molecule has 0 saturated heterocycles. The van der Waals surface area contributed by atoms with E-state index in [0.29, 0.717) is 11.6 Å². The second-order valence-corrected chi connectivity index (χ2v) is 4.89. The average Bonchev–Trinajstić information content (AvgIpc) is 2.39. The average molecular weight is 277 g/mol. The normalized spacial score (nSPS) is 10.3. The predicted octanol–water partition coefficient (Wildman–Crippen LogP) is 3.69. The first-order valence-electron chi connectivity index (χ1n) is 6.07. The van der Waals surface area contributed by atoms with Crippen molar-refractivity contribution in [1.29, 1.82) is 0 Å². The number of ether oxygens (including phenoxy) is 1. The third kappa shape index (κ3) is 3.38. The van der Waals surface area contributed by atoms with Gasteiger partial charge >= 0.3 is 0 Å². The summed E-state index contributed by atoms with van der Waals surface area (Å²) in [5, 5.41) is 0.710. The number of aryl methyl sites for hydroxylation is 1. The highest BCUT2D eigenvalue weighted by Gasteiger charge is 2.09. The molecule has 0 N–H and O–H groups in total. The molecule has 0 atom stereocenters. The summed E-state index contributed by atoms with van der Waals surface area (Å²) in [4.78, 5) is 6.57. The van der Waals surface area contributed by atoms with E-state index in [1.807, 2.05) is 50.4 Å². The fraction of sp³-hybridized carbons (Fsp3) is 0.267. The number of pyridine rings is 1. The van der Waals surface area contributed by atoms with E-state index in [0.717, 1.165) is 22.8 Å². The molecule has 0 fully saturated rings. The molecule has 19 heavy (non-hydrogen) atoms. The summed E-state index contributed by atoms with van der Waals surface area (Å²) in [5.74, 6) is 1.77. The van der Waals surface area contributed by atoms with Crippen LogP contribution in [0.2, 0.25) is 5.02 Å². The standard InChI is InChI=1S/C15H17ClN2O/c1-11-5-4-6-15(17-11)18(2)10-12-9-13(16)7-8-14(12)19-3/h4-9H,10H2,1-3H3. The minimum Gasteiger partial charge on any atom is -0.496 e. The van der Waals surface area contributed by atoms with Crippen molar-refractivity contribution < 1.29 is 4.74 Å². The molecule has 2 rings (SSSR count). The molecule has 0 aliphatic carbocycles. The van der Waals surface area contributed by atoms with E-state index >= 15 is 0 Å². The van der Waals surface area contributed by atoms with Crippen molar-refractivity contribution >= 4 is 17.4 Å². The van der Waals surface area contributed by atoms with Crippen molar-refractivity contribution in [1.82, 2.24) is 4.98 Å². The SMILES string of the molecule is COc1ccc(Cl)cc1CN(C)c1cccc(C)n1. The van der Waals surface area contributed by atoms with Crippen LogP contribution in [-0.4, -0.2) is 19.1 Å². The molecule has 0 aliphatic rings. The molecule has 0 bridgehead atoms. The van der Waals surface area contributed by atoms with E-state index in [4.69, 9.17) is 16.3 Å². The third-order valence-corrected chi connectivity index (χ3v) is 3.15. The predicted molar refractivity (Wildman–Crippen MR) is 79.1 cm³/mol. The minimum atomic E-state index is 0.695. The van der Waals surface area contributed by atoms with Gasteiger partial charge in [0.15, 0.2) is 0 Å². The molecule has 3 nitrogen and oxygen atoms in total. The number of methoxy groups -OCH3 is 1. The summed E-state index contributed by atoms with van der Waals surface area (Å²) < 4.78 is 5.36. The Morgan fingerprint density at radius 1 is 1.26 bits per heavy atom. The van der Waals surface area contributed by atoms with Gasteiger partial charge in [0.05, 0.1) is 7.11 Å². The van der Waals surface area contributed by atoms with Gasteiger partial charge < -0.3 is 9.64 Å². The van der Waals surface area contributed by atoms with Crippen molar-refractivity contribution in [3.63, 3.8) is 0 Å². The van der Waals surface area contributed by atoms with Crippen LogP contribution >= 0.6 is 11.6 Å². The molecule has 0 spiro atoms. The first-order valence-corrected chi connectivity index (χ1v) is 6.45. The molecule has 0 saturated carbocycles. The maximum Gasteiger partial charge on any atom is 0.128 e. The lowest BCUT2D eigenvalue weighted by atomic mass is 10.2. The van der Waals surface area contributed by atoms with Gasteiger partial charge in [-0.25, -0.2) is 4.98 Å². The zero-order chi connectivity index (χ0) is 13.8. The quantitative estimate of drug-likeness (QED) is 0.852. The summed E-state index contributed by atoms with van der Waals surface area (Å²) in [6.07, 6.45) is 0. The molecule has 2 aromatic rings. The second kappa shape index (κ2) is 5.93. The van der Waals surface area contributed by atoms with Crippen molar-refractivity contribution in [2.75, 3.05) is 19.1 Å². The monoisotopic (exact) mass is 276 g/mol. The lowest BCUT2D eigenvalue weighted by Gasteiger charge is -2.20. The van der Waals surface area contributed by atoms with E-state index < -0.39 is 0 Å². The van der Waals surface area contributed by atoms with Crippen LogP contribution in [0, 0.1) is 6.92 Å². The van der Waals surface area contributed by atoms with Gasteiger partial charge in [0.1, 0.15) is 11.6 Å². The molecule has 0 aliphatic heterocycles.